The van der Waals surface area contributed by atoms with Gasteiger partial charge in [-0.1, -0.05) is 30.3 Å². The maximum absolute atomic E-state index is 12.7. The number of carbonyl (C=O) groups is 2. The van der Waals surface area contributed by atoms with Crippen LogP contribution in [0.4, 0.5) is 21.9 Å². The van der Waals surface area contributed by atoms with Crippen molar-refractivity contribution in [3.05, 3.63) is 90.6 Å². The number of urea groups is 1. The van der Waals surface area contributed by atoms with E-state index in [0.717, 1.165) is 11.1 Å². The van der Waals surface area contributed by atoms with Gasteiger partial charge >= 0.3 is 6.03 Å². The van der Waals surface area contributed by atoms with Crippen LogP contribution < -0.4 is 20.7 Å². The van der Waals surface area contributed by atoms with E-state index in [9.17, 15) is 9.59 Å². The number of hydrogen-bond donors (Lipinski definition) is 3. The molecule has 4 rings (SSSR count). The number of pyridine rings is 1. The van der Waals surface area contributed by atoms with Crippen molar-refractivity contribution in [1.82, 2.24) is 4.98 Å². The number of methoxy groups -OCH3 is 1. The smallest absolute Gasteiger partial charge is 0.323 e. The number of fused-ring (bicyclic) bond motifs is 1. The summed E-state index contributed by atoms with van der Waals surface area (Å²) in [6.45, 7) is 0. The molecule has 0 spiro atoms. The minimum absolute atomic E-state index is 0.290. The zero-order valence-corrected chi connectivity index (χ0v) is 16.8. The molecule has 4 aromatic rings. The second-order valence-electron chi connectivity index (χ2n) is 6.74. The Bertz CT molecular complexity index is 1240. The lowest BCUT2D eigenvalue weighted by Gasteiger charge is -2.10. The van der Waals surface area contributed by atoms with Crippen LogP contribution in [0.2, 0.25) is 0 Å². The summed E-state index contributed by atoms with van der Waals surface area (Å²) in [7, 11) is 1.60. The minimum Gasteiger partial charge on any atom is -0.497 e. The fraction of sp³-hybridized carbons (Fsp3) is 0.0417. The van der Waals surface area contributed by atoms with Gasteiger partial charge in [0.2, 0.25) is 0 Å². The molecule has 3 N–H and O–H groups in total. The number of rotatable bonds is 5. The summed E-state index contributed by atoms with van der Waals surface area (Å²) in [6.07, 6.45) is 0. The molecule has 0 radical (unpaired) electrons. The van der Waals surface area contributed by atoms with Crippen molar-refractivity contribution in [2.75, 3.05) is 23.1 Å². The summed E-state index contributed by atoms with van der Waals surface area (Å²) in [4.78, 5) is 29.3. The van der Waals surface area contributed by atoms with Gasteiger partial charge in [0, 0.05) is 22.4 Å². The highest BCUT2D eigenvalue weighted by molar-refractivity contribution is 6.05. The van der Waals surface area contributed by atoms with Gasteiger partial charge in [-0.2, -0.15) is 0 Å². The van der Waals surface area contributed by atoms with E-state index in [1.165, 1.54) is 0 Å². The van der Waals surface area contributed by atoms with Crippen molar-refractivity contribution in [3.8, 4) is 5.75 Å². The summed E-state index contributed by atoms with van der Waals surface area (Å²) in [6, 6.07) is 24.6. The summed E-state index contributed by atoms with van der Waals surface area (Å²) >= 11 is 0. The molecule has 0 aliphatic heterocycles. The van der Waals surface area contributed by atoms with Gasteiger partial charge < -0.3 is 20.7 Å². The third-order valence-electron chi connectivity index (χ3n) is 4.54. The molecule has 7 heteroatoms. The van der Waals surface area contributed by atoms with Crippen molar-refractivity contribution >= 4 is 39.9 Å². The van der Waals surface area contributed by atoms with E-state index in [-0.39, 0.29) is 17.6 Å². The van der Waals surface area contributed by atoms with E-state index in [2.05, 4.69) is 20.9 Å². The zero-order chi connectivity index (χ0) is 21.6. The Labute approximate surface area is 179 Å². The lowest BCUT2D eigenvalue weighted by molar-refractivity contribution is 0.102. The molecule has 1 heterocycles. The van der Waals surface area contributed by atoms with Crippen LogP contribution in [-0.4, -0.2) is 24.0 Å². The van der Waals surface area contributed by atoms with Gasteiger partial charge in [-0.3, -0.25) is 4.79 Å². The van der Waals surface area contributed by atoms with Crippen LogP contribution in [0.3, 0.4) is 0 Å². The molecule has 0 unspecified atom stereocenters. The third kappa shape index (κ3) is 4.97. The van der Waals surface area contributed by atoms with Crippen LogP contribution >= 0.6 is 0 Å². The fourth-order valence-electron chi connectivity index (χ4n) is 3.04. The molecular weight excluding hydrogens is 392 g/mol. The number of anilines is 3. The normalized spacial score (nSPS) is 10.4. The van der Waals surface area contributed by atoms with Crippen molar-refractivity contribution in [2.45, 2.75) is 0 Å². The van der Waals surface area contributed by atoms with Gasteiger partial charge in [0.15, 0.2) is 0 Å². The van der Waals surface area contributed by atoms with Crippen LogP contribution in [0.25, 0.3) is 10.9 Å². The topological polar surface area (TPSA) is 92.3 Å². The highest BCUT2D eigenvalue weighted by Crippen LogP contribution is 2.21. The lowest BCUT2D eigenvalue weighted by atomic mass is 10.2. The first kappa shape index (κ1) is 19.9. The van der Waals surface area contributed by atoms with E-state index in [1.54, 1.807) is 61.7 Å². The van der Waals surface area contributed by atoms with Crippen LogP contribution in [0, 0.1) is 0 Å². The number of carbonyl (C=O) groups excluding carboxylic acids is 2. The first-order valence-corrected chi connectivity index (χ1v) is 9.60. The zero-order valence-electron chi connectivity index (χ0n) is 16.8. The number of hydrogen-bond acceptors (Lipinski definition) is 4. The highest BCUT2D eigenvalue weighted by Gasteiger charge is 2.10. The molecule has 0 fully saturated rings. The summed E-state index contributed by atoms with van der Waals surface area (Å²) in [5.74, 6) is 0.385. The molecule has 0 bridgehead atoms. The van der Waals surface area contributed by atoms with Crippen molar-refractivity contribution in [2.24, 2.45) is 0 Å². The van der Waals surface area contributed by atoms with Gasteiger partial charge in [-0.05, 0) is 54.6 Å². The Morgan fingerprint density at radius 3 is 2.23 bits per heavy atom. The van der Waals surface area contributed by atoms with Crippen molar-refractivity contribution < 1.29 is 14.3 Å². The van der Waals surface area contributed by atoms with Crippen molar-refractivity contribution in [1.29, 1.82) is 0 Å². The standard InChI is InChI=1S/C24H20N4O3/c1-31-20-11-13-21-16(14-20)10-12-22(28-21)23(29)25-18-8-5-9-19(15-18)27-24(30)26-17-6-3-2-4-7-17/h2-15H,1H3,(H,25,29)(H2,26,27,30). The molecule has 31 heavy (non-hydrogen) atoms. The van der Waals surface area contributed by atoms with Crippen LogP contribution in [0.1, 0.15) is 10.5 Å². The SMILES string of the molecule is COc1ccc2nc(C(=O)Nc3cccc(NC(=O)Nc4ccccc4)c3)ccc2c1. The summed E-state index contributed by atoms with van der Waals surface area (Å²) in [5, 5.41) is 9.19. The van der Waals surface area contributed by atoms with E-state index in [4.69, 9.17) is 4.74 Å². The maximum atomic E-state index is 12.7. The van der Waals surface area contributed by atoms with E-state index < -0.39 is 0 Å². The molecular formula is C24H20N4O3. The largest absolute Gasteiger partial charge is 0.497 e. The quantitative estimate of drug-likeness (QED) is 0.423. The summed E-state index contributed by atoms with van der Waals surface area (Å²) < 4.78 is 5.21. The Hall–Kier alpha value is -4.39. The number of benzene rings is 3. The third-order valence-corrected chi connectivity index (χ3v) is 4.54. The van der Waals surface area contributed by atoms with E-state index in [0.29, 0.717) is 22.6 Å². The lowest BCUT2D eigenvalue weighted by Crippen LogP contribution is -2.19. The van der Waals surface area contributed by atoms with Crippen LogP contribution in [0.5, 0.6) is 5.75 Å². The Kier molecular flexibility index (Phi) is 5.75. The first-order valence-electron chi connectivity index (χ1n) is 9.60. The number of nitrogens with one attached hydrogen (secondary N) is 3. The predicted octanol–water partition coefficient (Wildman–Crippen LogP) is 5.14. The average Bonchev–Trinajstić information content (AvgIpc) is 2.79. The number of nitrogens with zero attached hydrogens (tertiary/aromatic N) is 1. The van der Waals surface area contributed by atoms with Crippen molar-refractivity contribution in [3.63, 3.8) is 0 Å². The molecule has 0 aliphatic rings. The molecule has 0 atom stereocenters. The van der Waals surface area contributed by atoms with Gasteiger partial charge in [0.05, 0.1) is 12.6 Å². The van der Waals surface area contributed by atoms with Crippen LogP contribution in [-0.2, 0) is 0 Å². The molecule has 7 nitrogen and oxygen atoms in total. The predicted molar refractivity (Wildman–Crippen MR) is 122 cm³/mol. The molecule has 154 valence electrons. The molecule has 3 amide bonds. The van der Waals surface area contributed by atoms with Gasteiger partial charge in [0.25, 0.3) is 5.91 Å². The van der Waals surface area contributed by atoms with Gasteiger partial charge in [0.1, 0.15) is 11.4 Å². The van der Waals surface area contributed by atoms with Crippen LogP contribution in [0.15, 0.2) is 84.9 Å². The second-order valence-corrected chi connectivity index (χ2v) is 6.74. The number of amides is 3. The number of aromatic nitrogens is 1. The van der Waals surface area contributed by atoms with Gasteiger partial charge in [-0.25, -0.2) is 9.78 Å². The Balaban J connectivity index is 1.44. The molecule has 0 saturated carbocycles. The summed E-state index contributed by atoms with van der Waals surface area (Å²) in [5.41, 5.74) is 2.76. The van der Waals surface area contributed by atoms with E-state index in [1.807, 2.05) is 30.3 Å². The average molecular weight is 412 g/mol. The number of para-hydroxylation sites is 1. The fourth-order valence-corrected chi connectivity index (χ4v) is 3.04. The highest BCUT2D eigenvalue weighted by atomic mass is 16.5. The molecule has 0 saturated heterocycles. The molecule has 3 aromatic carbocycles. The van der Waals surface area contributed by atoms with Gasteiger partial charge in [-0.15, -0.1) is 0 Å². The second kappa shape index (κ2) is 8.96. The maximum Gasteiger partial charge on any atom is 0.323 e. The minimum atomic E-state index is -0.374. The molecule has 1 aromatic heterocycles. The number of ether oxygens (including phenoxy) is 1. The molecule has 0 aliphatic carbocycles. The Morgan fingerprint density at radius 2 is 1.45 bits per heavy atom. The first-order chi connectivity index (χ1) is 15.1. The Morgan fingerprint density at radius 1 is 0.742 bits per heavy atom. The van der Waals surface area contributed by atoms with E-state index >= 15 is 0 Å². The monoisotopic (exact) mass is 412 g/mol.